The van der Waals surface area contributed by atoms with Crippen LogP contribution in [-0.2, 0) is 10.0 Å². The van der Waals surface area contributed by atoms with Crippen molar-refractivity contribution in [2.75, 3.05) is 37.4 Å². The molecule has 3 N–H and O–H groups in total. The first-order valence-corrected chi connectivity index (χ1v) is 16.2. The minimum atomic E-state index is -3.73. The Bertz CT molecular complexity index is 1720. The number of anilines is 2. The van der Waals surface area contributed by atoms with Gasteiger partial charge < -0.3 is 25.4 Å². The number of thiophene rings is 1. The van der Waals surface area contributed by atoms with Gasteiger partial charge in [0, 0.05) is 30.6 Å². The van der Waals surface area contributed by atoms with Gasteiger partial charge >= 0.3 is 6.03 Å². The van der Waals surface area contributed by atoms with Crippen molar-refractivity contribution in [1.82, 2.24) is 9.21 Å². The van der Waals surface area contributed by atoms with Crippen LogP contribution in [0.25, 0.3) is 10.8 Å². The molecule has 12 heteroatoms. The Hall–Kier alpha value is -3.97. The summed E-state index contributed by atoms with van der Waals surface area (Å²) < 4.78 is 34.1. The molecule has 43 heavy (non-hydrogen) atoms. The lowest BCUT2D eigenvalue weighted by atomic mass is 9.99. The Labute approximate surface area is 254 Å². The van der Waals surface area contributed by atoms with Crippen molar-refractivity contribution in [2.24, 2.45) is 5.92 Å². The van der Waals surface area contributed by atoms with Crippen LogP contribution in [0, 0.1) is 5.92 Å². The lowest BCUT2D eigenvalue weighted by Gasteiger charge is -2.38. The highest BCUT2D eigenvalue weighted by Gasteiger charge is 2.35. The van der Waals surface area contributed by atoms with Gasteiger partial charge in [-0.1, -0.05) is 49.4 Å². The average molecular weight is 623 g/mol. The van der Waals surface area contributed by atoms with Gasteiger partial charge in [-0.2, -0.15) is 4.31 Å². The van der Waals surface area contributed by atoms with E-state index in [-0.39, 0.29) is 47.0 Å². The first-order valence-electron chi connectivity index (χ1n) is 13.9. The van der Waals surface area contributed by atoms with Crippen molar-refractivity contribution in [2.45, 2.75) is 30.2 Å². The number of likely N-dealkylation sites (N-methyl/N-ethyl adjacent to an activating group) is 1. The molecule has 0 bridgehead atoms. The first-order chi connectivity index (χ1) is 20.6. The monoisotopic (exact) mass is 622 g/mol. The van der Waals surface area contributed by atoms with E-state index < -0.39 is 28.2 Å². The Morgan fingerprint density at radius 2 is 1.88 bits per heavy atom. The number of hydrogen-bond acceptors (Lipinski definition) is 7. The van der Waals surface area contributed by atoms with Gasteiger partial charge in [0.2, 0.25) is 0 Å². The second-order valence-corrected chi connectivity index (χ2v) is 13.9. The fraction of sp³-hybridized carbons (Fsp3) is 0.290. The van der Waals surface area contributed by atoms with E-state index in [2.05, 4.69) is 10.6 Å². The minimum absolute atomic E-state index is 0.0455. The van der Waals surface area contributed by atoms with Crippen LogP contribution in [0.3, 0.4) is 0 Å². The third kappa shape index (κ3) is 6.52. The quantitative estimate of drug-likeness (QED) is 0.251. The predicted molar refractivity (Wildman–Crippen MR) is 168 cm³/mol. The normalized spacial score (nSPS) is 18.0. The van der Waals surface area contributed by atoms with Gasteiger partial charge in [0.25, 0.3) is 15.9 Å². The number of amides is 3. The zero-order valence-electron chi connectivity index (χ0n) is 24.1. The number of ether oxygens (including phenoxy) is 1. The van der Waals surface area contributed by atoms with E-state index >= 15 is 0 Å². The number of urea groups is 1. The van der Waals surface area contributed by atoms with Crippen molar-refractivity contribution >= 4 is 55.4 Å². The Kier molecular flexibility index (Phi) is 9.02. The van der Waals surface area contributed by atoms with E-state index in [0.29, 0.717) is 11.4 Å². The van der Waals surface area contributed by atoms with Crippen LogP contribution in [0.2, 0.25) is 0 Å². The van der Waals surface area contributed by atoms with Crippen LogP contribution < -0.4 is 15.4 Å². The van der Waals surface area contributed by atoms with E-state index in [9.17, 15) is 23.1 Å². The van der Waals surface area contributed by atoms with Crippen molar-refractivity contribution < 1.29 is 27.9 Å². The Morgan fingerprint density at radius 1 is 1.12 bits per heavy atom. The number of fused-ring (bicyclic) bond motifs is 2. The van der Waals surface area contributed by atoms with Crippen LogP contribution >= 0.6 is 11.3 Å². The topological polar surface area (TPSA) is 128 Å². The van der Waals surface area contributed by atoms with E-state index in [4.69, 9.17) is 4.74 Å². The standard InChI is InChI=1S/C31H34N4O6S2/c1-20-17-35(21(2)19-36)30(37)25-16-23(32-31(38)33-26-11-6-9-22-8-4-5-10-24(22)26)13-14-27(25)41-28(20)18-34(3)43(39,40)29-12-7-15-42-29/h4-16,20-21,28,36H,17-19H2,1-3H3,(H2,32,33,38)/t20-,21-,28+/m0/s1. The smallest absolute Gasteiger partial charge is 0.323 e. The van der Waals surface area contributed by atoms with Crippen LogP contribution in [0.5, 0.6) is 5.75 Å². The van der Waals surface area contributed by atoms with Crippen LogP contribution in [0.4, 0.5) is 16.2 Å². The second-order valence-electron chi connectivity index (χ2n) is 10.7. The highest BCUT2D eigenvalue weighted by molar-refractivity contribution is 7.91. The summed E-state index contributed by atoms with van der Waals surface area (Å²) in [4.78, 5) is 28.3. The molecule has 3 amide bonds. The molecule has 4 aromatic rings. The molecular formula is C31H34N4O6S2. The summed E-state index contributed by atoms with van der Waals surface area (Å²) in [6.45, 7) is 3.66. The van der Waals surface area contributed by atoms with Crippen LogP contribution in [0.15, 0.2) is 82.4 Å². The van der Waals surface area contributed by atoms with Gasteiger partial charge in [-0.05, 0) is 48.0 Å². The van der Waals surface area contributed by atoms with Gasteiger partial charge in [0.15, 0.2) is 0 Å². The molecule has 0 radical (unpaired) electrons. The third-order valence-electron chi connectivity index (χ3n) is 7.56. The largest absolute Gasteiger partial charge is 0.488 e. The number of nitrogens with one attached hydrogen (secondary N) is 2. The van der Waals surface area contributed by atoms with E-state index in [0.717, 1.165) is 22.1 Å². The number of carbonyl (C=O) groups excluding carboxylic acids is 2. The number of benzene rings is 3. The summed E-state index contributed by atoms with van der Waals surface area (Å²) in [5, 5.41) is 19.2. The number of aliphatic hydroxyl groups is 1. The number of nitrogens with zero attached hydrogens (tertiary/aromatic N) is 2. The number of rotatable bonds is 8. The molecule has 226 valence electrons. The molecule has 3 aromatic carbocycles. The fourth-order valence-electron chi connectivity index (χ4n) is 5.05. The molecule has 1 aliphatic heterocycles. The summed E-state index contributed by atoms with van der Waals surface area (Å²) in [6, 6.07) is 20.4. The van der Waals surface area contributed by atoms with Crippen molar-refractivity contribution in [3.8, 4) is 5.75 Å². The lowest BCUT2D eigenvalue weighted by molar-refractivity contribution is 0.0387. The van der Waals surface area contributed by atoms with E-state index in [1.807, 2.05) is 49.4 Å². The van der Waals surface area contributed by atoms with Gasteiger partial charge in [-0.3, -0.25) is 4.79 Å². The number of sulfonamides is 1. The molecule has 1 aromatic heterocycles. The van der Waals surface area contributed by atoms with Crippen molar-refractivity contribution in [3.63, 3.8) is 0 Å². The molecule has 0 saturated heterocycles. The van der Waals surface area contributed by atoms with Crippen molar-refractivity contribution in [3.05, 3.63) is 83.7 Å². The molecule has 2 heterocycles. The maximum absolute atomic E-state index is 13.8. The Morgan fingerprint density at radius 3 is 2.63 bits per heavy atom. The molecule has 3 atom stereocenters. The third-order valence-corrected chi connectivity index (χ3v) is 10.8. The van der Waals surface area contributed by atoms with Crippen LogP contribution in [-0.4, -0.2) is 73.6 Å². The molecule has 0 spiro atoms. The highest BCUT2D eigenvalue weighted by Crippen LogP contribution is 2.32. The number of aliphatic hydroxyl groups excluding tert-OH is 1. The summed E-state index contributed by atoms with van der Waals surface area (Å²) >= 11 is 1.14. The van der Waals surface area contributed by atoms with Gasteiger partial charge in [-0.25, -0.2) is 13.2 Å². The van der Waals surface area contributed by atoms with Gasteiger partial charge in [0.1, 0.15) is 16.1 Å². The number of hydrogen-bond donors (Lipinski definition) is 3. The molecule has 10 nitrogen and oxygen atoms in total. The molecule has 0 unspecified atom stereocenters. The SMILES string of the molecule is C[C@H]1CN([C@@H](C)CO)C(=O)c2cc(NC(=O)Nc3cccc4ccccc34)ccc2O[C@@H]1CN(C)S(=O)(=O)c1cccs1. The second kappa shape index (κ2) is 12.7. The summed E-state index contributed by atoms with van der Waals surface area (Å²) in [5.74, 6) is -0.366. The molecule has 0 saturated carbocycles. The first kappa shape index (κ1) is 30.5. The van der Waals surface area contributed by atoms with E-state index in [1.54, 1.807) is 41.5 Å². The lowest BCUT2D eigenvalue weighted by Crippen LogP contribution is -2.50. The zero-order valence-corrected chi connectivity index (χ0v) is 25.7. The minimum Gasteiger partial charge on any atom is -0.488 e. The molecule has 0 aliphatic carbocycles. The molecule has 1 aliphatic rings. The van der Waals surface area contributed by atoms with Crippen LogP contribution in [0.1, 0.15) is 24.2 Å². The number of carbonyl (C=O) groups is 2. The Balaban J connectivity index is 1.41. The van der Waals surface area contributed by atoms with Gasteiger partial charge in [0.05, 0.1) is 30.4 Å². The summed E-state index contributed by atoms with van der Waals surface area (Å²) in [7, 11) is -2.22. The van der Waals surface area contributed by atoms with E-state index in [1.165, 1.54) is 17.4 Å². The highest BCUT2D eigenvalue weighted by atomic mass is 32.2. The summed E-state index contributed by atoms with van der Waals surface area (Å²) in [6.07, 6.45) is -0.603. The summed E-state index contributed by atoms with van der Waals surface area (Å²) in [5.41, 5.74) is 1.21. The van der Waals surface area contributed by atoms with Crippen molar-refractivity contribution in [1.29, 1.82) is 0 Å². The molecule has 0 fully saturated rings. The fourth-order valence-corrected chi connectivity index (χ4v) is 7.44. The molecule has 5 rings (SSSR count). The molecular weight excluding hydrogens is 588 g/mol. The predicted octanol–water partition coefficient (Wildman–Crippen LogP) is 5.09. The average Bonchev–Trinajstić information content (AvgIpc) is 3.55. The maximum Gasteiger partial charge on any atom is 0.323 e. The van der Waals surface area contributed by atoms with Gasteiger partial charge in [-0.15, -0.1) is 11.3 Å². The maximum atomic E-state index is 13.8. The zero-order chi connectivity index (χ0) is 30.7.